The van der Waals surface area contributed by atoms with Crippen LogP contribution in [-0.4, -0.2) is 33.6 Å². The highest BCUT2D eigenvalue weighted by Gasteiger charge is 2.33. The molecule has 1 fully saturated rings. The molecule has 0 saturated carbocycles. The van der Waals surface area contributed by atoms with Crippen LogP contribution in [0.3, 0.4) is 0 Å². The molecule has 0 bridgehead atoms. The number of piperidine rings is 1. The van der Waals surface area contributed by atoms with Gasteiger partial charge in [0.15, 0.2) is 0 Å². The molecular formula is C15H26ClN5. The predicted molar refractivity (Wildman–Crippen MR) is 86.8 cm³/mol. The predicted octanol–water partition coefficient (Wildman–Crippen LogP) is 2.66. The fraction of sp³-hybridized carbons (Fsp3) is 0.733. The van der Waals surface area contributed by atoms with Crippen LogP contribution in [0.2, 0.25) is 5.02 Å². The van der Waals surface area contributed by atoms with Crippen LogP contribution in [0.5, 0.6) is 0 Å². The van der Waals surface area contributed by atoms with Crippen molar-refractivity contribution in [2.45, 2.75) is 53.1 Å². The molecule has 1 saturated heterocycles. The molecule has 2 rings (SSSR count). The molecule has 0 atom stereocenters. The lowest BCUT2D eigenvalue weighted by atomic mass is 9.79. The molecule has 1 aromatic rings. The topological polar surface area (TPSA) is 70.9 Å². The highest BCUT2D eigenvalue weighted by Crippen LogP contribution is 2.32. The van der Waals surface area contributed by atoms with Crippen LogP contribution in [0.1, 0.15) is 45.0 Å². The summed E-state index contributed by atoms with van der Waals surface area (Å²) in [6.07, 6.45) is 2.73. The van der Waals surface area contributed by atoms with Gasteiger partial charge in [-0.2, -0.15) is 5.10 Å². The van der Waals surface area contributed by atoms with Gasteiger partial charge >= 0.3 is 0 Å². The summed E-state index contributed by atoms with van der Waals surface area (Å²) < 4.78 is 2.01. The van der Waals surface area contributed by atoms with Crippen LogP contribution in [0, 0.1) is 10.8 Å². The molecule has 0 unspecified atom stereocenters. The third-order valence-electron chi connectivity index (χ3n) is 4.68. The van der Waals surface area contributed by atoms with Crippen molar-refractivity contribution in [1.29, 1.82) is 5.41 Å². The molecule has 1 aliphatic heterocycles. The number of hydrogen-bond donors (Lipinski definition) is 2. The van der Waals surface area contributed by atoms with E-state index in [0.717, 1.165) is 61.9 Å². The fourth-order valence-corrected chi connectivity index (χ4v) is 3.18. The maximum atomic E-state index is 7.72. The first kappa shape index (κ1) is 16.3. The minimum atomic E-state index is -0.139. The van der Waals surface area contributed by atoms with Crippen molar-refractivity contribution in [3.05, 3.63) is 16.4 Å². The van der Waals surface area contributed by atoms with Gasteiger partial charge in [0, 0.05) is 18.5 Å². The van der Waals surface area contributed by atoms with Crippen molar-refractivity contribution in [3.8, 4) is 0 Å². The molecule has 1 aliphatic rings. The van der Waals surface area contributed by atoms with E-state index in [4.69, 9.17) is 22.7 Å². The van der Waals surface area contributed by atoms with Crippen molar-refractivity contribution in [1.82, 2.24) is 14.7 Å². The number of nitrogens with two attached hydrogens (primary N) is 1. The summed E-state index contributed by atoms with van der Waals surface area (Å²) in [5, 5.41) is 13.1. The van der Waals surface area contributed by atoms with E-state index in [1.165, 1.54) is 0 Å². The average molecular weight is 312 g/mol. The monoisotopic (exact) mass is 311 g/mol. The van der Waals surface area contributed by atoms with E-state index in [2.05, 4.69) is 30.8 Å². The maximum Gasteiger partial charge on any atom is 0.0966 e. The first-order valence-electron chi connectivity index (χ1n) is 7.72. The fourth-order valence-electron chi connectivity index (χ4n) is 2.85. The SMILES string of the molecule is CCc1nn(CC)c(CN2CCC(C)(C(=N)N)CC2)c1Cl. The largest absolute Gasteiger partial charge is 0.387 e. The zero-order valence-electron chi connectivity index (χ0n) is 13.2. The molecule has 0 amide bonds. The van der Waals surface area contributed by atoms with Gasteiger partial charge in [0.25, 0.3) is 0 Å². The standard InChI is InChI=1S/C15H26ClN5/c1-4-11-13(16)12(21(5-2)19-11)10-20-8-6-15(3,7-9-20)14(17)18/h4-10H2,1-3H3,(H3,17,18). The Labute approximate surface area is 132 Å². The Kier molecular flexibility index (Phi) is 4.94. The van der Waals surface area contributed by atoms with Crippen LogP contribution in [0.25, 0.3) is 0 Å². The van der Waals surface area contributed by atoms with E-state index in [1.807, 2.05) is 4.68 Å². The van der Waals surface area contributed by atoms with E-state index in [0.29, 0.717) is 5.84 Å². The Balaban J connectivity index is 2.07. The summed E-state index contributed by atoms with van der Waals surface area (Å²) in [6.45, 7) is 9.82. The number of nitrogens with one attached hydrogen (secondary N) is 1. The van der Waals surface area contributed by atoms with E-state index < -0.39 is 0 Å². The van der Waals surface area contributed by atoms with Gasteiger partial charge < -0.3 is 5.73 Å². The molecule has 0 aliphatic carbocycles. The molecule has 1 aromatic heterocycles. The molecule has 2 heterocycles. The summed E-state index contributed by atoms with van der Waals surface area (Å²) in [5.41, 5.74) is 7.68. The summed E-state index contributed by atoms with van der Waals surface area (Å²) in [6, 6.07) is 0. The molecule has 0 spiro atoms. The van der Waals surface area contributed by atoms with E-state index >= 15 is 0 Å². The lowest BCUT2D eigenvalue weighted by molar-refractivity contribution is 0.152. The molecule has 21 heavy (non-hydrogen) atoms. The number of likely N-dealkylation sites (tertiary alicyclic amines) is 1. The summed E-state index contributed by atoms with van der Waals surface area (Å²) in [4.78, 5) is 2.39. The van der Waals surface area contributed by atoms with Gasteiger partial charge in [0.05, 0.1) is 22.2 Å². The Hall–Kier alpha value is -1.07. The zero-order chi connectivity index (χ0) is 15.6. The van der Waals surface area contributed by atoms with Crippen LogP contribution in [0.15, 0.2) is 0 Å². The first-order valence-corrected chi connectivity index (χ1v) is 8.10. The molecular weight excluding hydrogens is 286 g/mol. The Morgan fingerprint density at radius 3 is 2.48 bits per heavy atom. The van der Waals surface area contributed by atoms with E-state index in [-0.39, 0.29) is 5.41 Å². The minimum absolute atomic E-state index is 0.139. The van der Waals surface area contributed by atoms with Gasteiger partial charge in [0.1, 0.15) is 0 Å². The van der Waals surface area contributed by atoms with Gasteiger partial charge in [-0.25, -0.2) is 0 Å². The lowest BCUT2D eigenvalue weighted by Gasteiger charge is -2.38. The summed E-state index contributed by atoms with van der Waals surface area (Å²) in [5.74, 6) is 0.312. The average Bonchev–Trinajstić information content (AvgIpc) is 2.77. The molecule has 5 nitrogen and oxygen atoms in total. The quantitative estimate of drug-likeness (QED) is 0.648. The highest BCUT2D eigenvalue weighted by molar-refractivity contribution is 6.31. The van der Waals surface area contributed by atoms with Crippen LogP contribution < -0.4 is 5.73 Å². The second-order valence-electron chi connectivity index (χ2n) is 6.13. The highest BCUT2D eigenvalue weighted by atomic mass is 35.5. The second-order valence-corrected chi connectivity index (χ2v) is 6.51. The number of halogens is 1. The number of hydrogen-bond acceptors (Lipinski definition) is 3. The van der Waals surface area contributed by atoms with Gasteiger partial charge in [-0.3, -0.25) is 15.0 Å². The molecule has 3 N–H and O–H groups in total. The maximum absolute atomic E-state index is 7.72. The van der Waals surface area contributed by atoms with Crippen molar-refractivity contribution in [2.75, 3.05) is 13.1 Å². The van der Waals surface area contributed by atoms with Gasteiger partial charge in [-0.15, -0.1) is 0 Å². The molecule has 0 radical (unpaired) electrons. The van der Waals surface area contributed by atoms with E-state index in [1.54, 1.807) is 0 Å². The van der Waals surface area contributed by atoms with Gasteiger partial charge in [0.2, 0.25) is 0 Å². The van der Waals surface area contributed by atoms with Crippen molar-refractivity contribution < 1.29 is 0 Å². The second kappa shape index (κ2) is 6.36. The lowest BCUT2D eigenvalue weighted by Crippen LogP contribution is -2.45. The van der Waals surface area contributed by atoms with Crippen LogP contribution in [-0.2, 0) is 19.5 Å². The Morgan fingerprint density at radius 2 is 2.00 bits per heavy atom. The van der Waals surface area contributed by atoms with Gasteiger partial charge in [-0.05, 0) is 39.3 Å². The molecule has 0 aromatic carbocycles. The van der Waals surface area contributed by atoms with Crippen LogP contribution >= 0.6 is 11.6 Å². The van der Waals surface area contributed by atoms with Crippen molar-refractivity contribution in [3.63, 3.8) is 0 Å². The molecule has 6 heteroatoms. The van der Waals surface area contributed by atoms with Crippen molar-refractivity contribution in [2.24, 2.45) is 11.1 Å². The third-order valence-corrected chi connectivity index (χ3v) is 5.11. The minimum Gasteiger partial charge on any atom is -0.387 e. The van der Waals surface area contributed by atoms with Crippen molar-refractivity contribution >= 4 is 17.4 Å². The van der Waals surface area contributed by atoms with Crippen LogP contribution in [0.4, 0.5) is 0 Å². The number of aromatic nitrogens is 2. The summed E-state index contributed by atoms with van der Waals surface area (Å²) >= 11 is 6.47. The normalized spacial score (nSPS) is 18.9. The first-order chi connectivity index (χ1) is 9.91. The summed E-state index contributed by atoms with van der Waals surface area (Å²) in [7, 11) is 0. The Bertz CT molecular complexity index is 514. The Morgan fingerprint density at radius 1 is 1.38 bits per heavy atom. The zero-order valence-corrected chi connectivity index (χ0v) is 14.0. The van der Waals surface area contributed by atoms with Gasteiger partial charge in [-0.1, -0.05) is 25.4 Å². The smallest absolute Gasteiger partial charge is 0.0966 e. The number of aryl methyl sites for hydroxylation is 2. The number of amidine groups is 1. The number of nitrogens with zero attached hydrogens (tertiary/aromatic N) is 3. The number of rotatable bonds is 5. The molecule has 118 valence electrons. The third kappa shape index (κ3) is 3.24. The van der Waals surface area contributed by atoms with E-state index in [9.17, 15) is 0 Å².